The second-order valence-corrected chi connectivity index (χ2v) is 8.07. The van der Waals surface area contributed by atoms with Crippen molar-refractivity contribution in [2.45, 2.75) is 26.2 Å². The molecule has 0 bridgehead atoms. The molecule has 1 atom stereocenters. The number of aromatic nitrogens is 2. The largest absolute Gasteiger partial charge is 0.495 e. The third-order valence-corrected chi connectivity index (χ3v) is 6.11. The van der Waals surface area contributed by atoms with Gasteiger partial charge in [-0.3, -0.25) is 14.9 Å². The summed E-state index contributed by atoms with van der Waals surface area (Å²) < 4.78 is 16.0. The maximum Gasteiger partial charge on any atom is 0.410 e. The number of esters is 1. The van der Waals surface area contributed by atoms with E-state index < -0.39 is 12.2 Å². The number of cyclic esters (lactones) is 2. The predicted octanol–water partition coefficient (Wildman–Crippen LogP) is 3.70. The Morgan fingerprint density at radius 2 is 2.00 bits per heavy atom. The van der Waals surface area contributed by atoms with Crippen LogP contribution in [0.25, 0.3) is 11.4 Å². The van der Waals surface area contributed by atoms with Gasteiger partial charge in [0.25, 0.3) is 0 Å². The predicted molar refractivity (Wildman–Crippen MR) is 119 cm³/mol. The number of nitriles is 1. The summed E-state index contributed by atoms with van der Waals surface area (Å²) in [7, 11) is 1.50. The number of hydrogen-bond acceptors (Lipinski definition) is 8. The van der Waals surface area contributed by atoms with E-state index in [9.17, 15) is 9.59 Å². The van der Waals surface area contributed by atoms with Crippen LogP contribution < -0.4 is 4.74 Å². The van der Waals surface area contributed by atoms with Crippen LogP contribution in [-0.2, 0) is 22.6 Å². The first kappa shape index (κ1) is 21.4. The molecule has 0 unspecified atom stereocenters. The molecule has 4 heterocycles. The number of nitrogens with zero attached hydrogens (tertiary/aromatic N) is 4. The standard InChI is InChI=1S/C25H20N4O5/c1-14-17(4-5-18-19(14)13-33-24(18)30)23-12-29(25(31)34-23)11-15-3-6-20(27-9-15)21-7-22(32-2)16(8-26)10-28-21/h3-7,9-10,23H,11-13H2,1-2H3/t23-/m0/s1. The molecule has 0 N–H and O–H groups in total. The summed E-state index contributed by atoms with van der Waals surface area (Å²) >= 11 is 0. The van der Waals surface area contributed by atoms with Crippen LogP contribution in [0.1, 0.15) is 44.3 Å². The Balaban J connectivity index is 1.30. The number of carbonyl (C=O) groups is 2. The van der Waals surface area contributed by atoms with Gasteiger partial charge in [-0.15, -0.1) is 0 Å². The van der Waals surface area contributed by atoms with Crippen molar-refractivity contribution < 1.29 is 23.8 Å². The molecular formula is C25H20N4O5. The highest BCUT2D eigenvalue weighted by Crippen LogP contribution is 2.34. The Morgan fingerprint density at radius 1 is 1.18 bits per heavy atom. The van der Waals surface area contributed by atoms with Crippen molar-refractivity contribution in [2.24, 2.45) is 0 Å². The summed E-state index contributed by atoms with van der Waals surface area (Å²) in [5.74, 6) is 0.113. The molecule has 9 heteroatoms. The second-order valence-electron chi connectivity index (χ2n) is 8.07. The van der Waals surface area contributed by atoms with Crippen molar-refractivity contribution in [3.63, 3.8) is 0 Å². The Bertz CT molecular complexity index is 1350. The monoisotopic (exact) mass is 456 g/mol. The van der Waals surface area contributed by atoms with E-state index in [1.54, 1.807) is 23.2 Å². The third kappa shape index (κ3) is 3.69. The van der Waals surface area contributed by atoms with Gasteiger partial charge < -0.3 is 14.2 Å². The van der Waals surface area contributed by atoms with E-state index in [1.807, 2.05) is 31.2 Å². The molecule has 0 spiro atoms. The van der Waals surface area contributed by atoms with Crippen LogP contribution in [0.4, 0.5) is 4.79 Å². The van der Waals surface area contributed by atoms with E-state index >= 15 is 0 Å². The summed E-state index contributed by atoms with van der Waals surface area (Å²) in [5.41, 5.74) is 5.61. The molecule has 2 aliphatic heterocycles. The highest BCUT2D eigenvalue weighted by atomic mass is 16.6. The number of amides is 1. The van der Waals surface area contributed by atoms with Gasteiger partial charge in [-0.1, -0.05) is 12.1 Å². The van der Waals surface area contributed by atoms with Gasteiger partial charge >= 0.3 is 12.1 Å². The van der Waals surface area contributed by atoms with Crippen molar-refractivity contribution in [3.8, 4) is 23.2 Å². The van der Waals surface area contributed by atoms with Crippen LogP contribution in [0, 0.1) is 18.3 Å². The average molecular weight is 456 g/mol. The topological polar surface area (TPSA) is 115 Å². The number of pyridine rings is 2. The van der Waals surface area contributed by atoms with Crippen molar-refractivity contribution in [1.82, 2.24) is 14.9 Å². The number of benzene rings is 1. The Hall–Kier alpha value is -4.45. The summed E-state index contributed by atoms with van der Waals surface area (Å²) in [6.07, 6.45) is 2.31. The number of methoxy groups -OCH3 is 1. The maximum atomic E-state index is 12.5. The molecule has 1 saturated heterocycles. The zero-order chi connectivity index (χ0) is 23.8. The van der Waals surface area contributed by atoms with E-state index in [-0.39, 0.29) is 12.6 Å². The molecule has 1 amide bonds. The molecule has 0 aliphatic carbocycles. The molecule has 34 heavy (non-hydrogen) atoms. The summed E-state index contributed by atoms with van der Waals surface area (Å²) in [4.78, 5) is 34.7. The van der Waals surface area contributed by atoms with Gasteiger partial charge in [0.15, 0.2) is 0 Å². The minimum Gasteiger partial charge on any atom is -0.495 e. The Morgan fingerprint density at radius 3 is 2.74 bits per heavy atom. The molecule has 0 radical (unpaired) electrons. The van der Waals surface area contributed by atoms with Crippen LogP contribution in [0.3, 0.4) is 0 Å². The van der Waals surface area contributed by atoms with Gasteiger partial charge in [0.2, 0.25) is 0 Å². The van der Waals surface area contributed by atoms with Gasteiger partial charge in [-0.2, -0.15) is 5.26 Å². The summed E-state index contributed by atoms with van der Waals surface area (Å²) in [5, 5.41) is 9.12. The first-order valence-corrected chi connectivity index (χ1v) is 10.6. The molecule has 2 aromatic heterocycles. The normalized spacial score (nSPS) is 16.6. The molecular weight excluding hydrogens is 436 g/mol. The lowest BCUT2D eigenvalue weighted by molar-refractivity contribution is 0.0535. The second kappa shape index (κ2) is 8.48. The highest BCUT2D eigenvalue weighted by molar-refractivity contribution is 5.94. The molecule has 5 rings (SSSR count). The van der Waals surface area contributed by atoms with Gasteiger partial charge in [0.1, 0.15) is 30.1 Å². The molecule has 3 aromatic rings. The molecule has 0 saturated carbocycles. The smallest absolute Gasteiger partial charge is 0.410 e. The van der Waals surface area contributed by atoms with Crippen LogP contribution in [0.15, 0.2) is 42.7 Å². The van der Waals surface area contributed by atoms with E-state index in [0.717, 1.165) is 22.3 Å². The van der Waals surface area contributed by atoms with Crippen molar-refractivity contribution in [2.75, 3.05) is 13.7 Å². The zero-order valence-corrected chi connectivity index (χ0v) is 18.6. The van der Waals surface area contributed by atoms with Gasteiger partial charge in [0.05, 0.1) is 37.2 Å². The third-order valence-electron chi connectivity index (χ3n) is 6.11. The van der Waals surface area contributed by atoms with Crippen LogP contribution in [0.2, 0.25) is 0 Å². The summed E-state index contributed by atoms with van der Waals surface area (Å²) in [6, 6.07) is 10.9. The molecule has 170 valence electrons. The van der Waals surface area contributed by atoms with Gasteiger partial charge in [0, 0.05) is 24.0 Å². The van der Waals surface area contributed by atoms with E-state index in [0.29, 0.717) is 41.4 Å². The first-order valence-electron chi connectivity index (χ1n) is 10.6. The van der Waals surface area contributed by atoms with E-state index in [4.69, 9.17) is 19.5 Å². The SMILES string of the molecule is COc1cc(-c2ccc(CN3C[C@@H](c4ccc5c(c4C)COC5=O)OC3=O)cn2)ncc1C#N. The number of ether oxygens (including phenoxy) is 3. The fraction of sp³-hybridized carbons (Fsp3) is 0.240. The fourth-order valence-corrected chi connectivity index (χ4v) is 4.24. The van der Waals surface area contributed by atoms with Crippen molar-refractivity contribution in [1.29, 1.82) is 5.26 Å². The van der Waals surface area contributed by atoms with Crippen molar-refractivity contribution >= 4 is 12.1 Å². The number of fused-ring (bicyclic) bond motifs is 1. The molecule has 1 aromatic carbocycles. The van der Waals surface area contributed by atoms with Gasteiger partial charge in [-0.05, 0) is 35.7 Å². The highest BCUT2D eigenvalue weighted by Gasteiger charge is 2.35. The van der Waals surface area contributed by atoms with Crippen LogP contribution in [0.5, 0.6) is 5.75 Å². The van der Waals surface area contributed by atoms with Gasteiger partial charge in [-0.25, -0.2) is 9.59 Å². The molecule has 9 nitrogen and oxygen atoms in total. The first-order chi connectivity index (χ1) is 16.5. The minimum atomic E-state index is -0.420. The lowest BCUT2D eigenvalue weighted by atomic mass is 9.95. The zero-order valence-electron chi connectivity index (χ0n) is 18.6. The number of hydrogen-bond donors (Lipinski definition) is 0. The lowest BCUT2D eigenvalue weighted by Gasteiger charge is -2.15. The average Bonchev–Trinajstić information content (AvgIpc) is 3.42. The maximum absolute atomic E-state index is 12.5. The summed E-state index contributed by atoms with van der Waals surface area (Å²) in [6.45, 7) is 2.90. The van der Waals surface area contributed by atoms with E-state index in [1.165, 1.54) is 13.3 Å². The lowest BCUT2D eigenvalue weighted by Crippen LogP contribution is -2.23. The Kier molecular flexibility index (Phi) is 5.34. The minimum absolute atomic E-state index is 0.246. The van der Waals surface area contributed by atoms with Crippen LogP contribution in [-0.4, -0.2) is 40.6 Å². The number of rotatable bonds is 5. The molecule has 1 fully saturated rings. The fourth-order valence-electron chi connectivity index (χ4n) is 4.24. The Labute approximate surface area is 195 Å². The number of carbonyl (C=O) groups excluding carboxylic acids is 2. The van der Waals surface area contributed by atoms with Crippen LogP contribution >= 0.6 is 0 Å². The quantitative estimate of drug-likeness (QED) is 0.534. The molecule has 2 aliphatic rings. The van der Waals surface area contributed by atoms with E-state index in [2.05, 4.69) is 9.97 Å². The van der Waals surface area contributed by atoms with Crippen molar-refractivity contribution in [3.05, 3.63) is 76.1 Å².